The summed E-state index contributed by atoms with van der Waals surface area (Å²) in [5, 5.41) is 21.1. The number of carbonyl (C=O) groups excluding carboxylic acids is 1. The third-order valence-corrected chi connectivity index (χ3v) is 10.9. The molecule has 0 spiro atoms. The Balaban J connectivity index is 1.37. The quantitative estimate of drug-likeness (QED) is 0.496. The lowest BCUT2D eigenvalue weighted by atomic mass is 9.44. The molecule has 0 radical (unpaired) electrons. The molecule has 2 N–H and O–H groups in total. The number of carbonyl (C=O) groups is 1. The van der Waals surface area contributed by atoms with Crippen molar-refractivity contribution in [2.45, 2.75) is 97.0 Å². The lowest BCUT2D eigenvalue weighted by Crippen LogP contribution is -2.56. The highest BCUT2D eigenvalue weighted by atomic mass is 16.3. The molecular weight excluding hydrogens is 408 g/mol. The van der Waals surface area contributed by atoms with Gasteiger partial charge in [-0.3, -0.25) is 4.79 Å². The highest BCUT2D eigenvalue weighted by Crippen LogP contribution is 2.69. The first-order valence-corrected chi connectivity index (χ1v) is 13.4. The third-order valence-electron chi connectivity index (χ3n) is 10.9. The minimum atomic E-state index is -0.554. The molecule has 1 aromatic rings. The molecule has 3 heteroatoms. The van der Waals surface area contributed by atoms with Crippen LogP contribution in [0.25, 0.3) is 0 Å². The molecule has 3 saturated carbocycles. The Hall–Kier alpha value is -1.61. The maximum atomic E-state index is 12.4. The summed E-state index contributed by atoms with van der Waals surface area (Å²) in [6.07, 6.45) is 13.7. The number of benzene rings is 1. The molecule has 0 aliphatic heterocycles. The van der Waals surface area contributed by atoms with Crippen molar-refractivity contribution in [3.8, 4) is 5.75 Å². The number of aromatic hydroxyl groups is 1. The third kappa shape index (κ3) is 3.79. The van der Waals surface area contributed by atoms with Crippen LogP contribution in [-0.4, -0.2) is 21.6 Å². The number of ketones is 1. The Morgan fingerprint density at radius 2 is 1.82 bits per heavy atom. The van der Waals surface area contributed by atoms with Gasteiger partial charge in [0.15, 0.2) is 5.78 Å². The van der Waals surface area contributed by atoms with Crippen molar-refractivity contribution in [2.24, 2.45) is 34.5 Å². The maximum Gasteiger partial charge on any atom is 0.155 e. The van der Waals surface area contributed by atoms with Crippen LogP contribution >= 0.6 is 0 Å². The first-order valence-electron chi connectivity index (χ1n) is 13.4. The predicted molar refractivity (Wildman–Crippen MR) is 132 cm³/mol. The second-order valence-corrected chi connectivity index (χ2v) is 12.5. The van der Waals surface area contributed by atoms with E-state index in [4.69, 9.17) is 0 Å². The monoisotopic (exact) mass is 450 g/mol. The average Bonchev–Trinajstić information content (AvgIpc) is 3.01. The smallest absolute Gasteiger partial charge is 0.155 e. The normalized spacial score (nSPS) is 42.3. The van der Waals surface area contributed by atoms with E-state index in [0.29, 0.717) is 41.6 Å². The Labute approximate surface area is 199 Å². The Morgan fingerprint density at radius 3 is 2.61 bits per heavy atom. The van der Waals surface area contributed by atoms with Gasteiger partial charge in [0, 0.05) is 6.42 Å². The van der Waals surface area contributed by atoms with E-state index in [1.807, 2.05) is 18.2 Å². The summed E-state index contributed by atoms with van der Waals surface area (Å²) in [4.78, 5) is 12.4. The summed E-state index contributed by atoms with van der Waals surface area (Å²) in [5.74, 6) is 3.20. The molecule has 33 heavy (non-hydrogen) atoms. The van der Waals surface area contributed by atoms with Crippen molar-refractivity contribution in [1.29, 1.82) is 0 Å². The number of aliphatic hydroxyl groups is 1. The number of fused-ring (bicyclic) bond motifs is 5. The van der Waals surface area contributed by atoms with Gasteiger partial charge in [0.1, 0.15) is 5.75 Å². The Kier molecular flexibility index (Phi) is 5.79. The summed E-state index contributed by atoms with van der Waals surface area (Å²) in [5.41, 5.74) is 2.29. The molecule has 3 fully saturated rings. The number of hydrogen-bond donors (Lipinski definition) is 2. The molecule has 0 saturated heterocycles. The van der Waals surface area contributed by atoms with E-state index in [9.17, 15) is 15.0 Å². The molecule has 7 atom stereocenters. The van der Waals surface area contributed by atoms with Gasteiger partial charge in [0.25, 0.3) is 0 Å². The number of unbranched alkanes of at least 4 members (excludes halogenated alkanes) is 1. The largest absolute Gasteiger partial charge is 0.508 e. The number of hydrogen-bond acceptors (Lipinski definition) is 3. The fraction of sp³-hybridized carbons (Fsp3) is 0.700. The van der Waals surface area contributed by atoms with Crippen molar-refractivity contribution in [3.63, 3.8) is 0 Å². The van der Waals surface area contributed by atoms with Gasteiger partial charge in [-0.25, -0.2) is 0 Å². The highest BCUT2D eigenvalue weighted by molar-refractivity contribution is 5.91. The molecule has 0 amide bonds. The Bertz CT molecular complexity index is 946. The van der Waals surface area contributed by atoms with Crippen LogP contribution in [0.15, 0.2) is 35.9 Å². The standard InChI is InChI=1S/C30H42O3/c1-28-14-11-24(32)19-22(28)18-21(9-5-4-7-20-8-6-10-23(31)17-20)27-25(28)12-15-29(2)26(27)13-16-30(29,3)33/h6,8,10,17,19,21,25-27,31,33H,4-5,7,9,11-16,18H2,1-3H3/t21-,25?,26?,27?,28+,29+,30+/m1/s1. The van der Waals surface area contributed by atoms with Gasteiger partial charge in [-0.2, -0.15) is 0 Å². The zero-order valence-corrected chi connectivity index (χ0v) is 20.8. The van der Waals surface area contributed by atoms with Gasteiger partial charge in [-0.15, -0.1) is 0 Å². The zero-order valence-electron chi connectivity index (χ0n) is 20.8. The number of phenols is 1. The van der Waals surface area contributed by atoms with Crippen molar-refractivity contribution in [1.82, 2.24) is 0 Å². The summed E-state index contributed by atoms with van der Waals surface area (Å²) in [7, 11) is 0. The zero-order chi connectivity index (χ0) is 23.4. The lowest BCUT2D eigenvalue weighted by molar-refractivity contribution is -0.135. The van der Waals surface area contributed by atoms with Crippen LogP contribution in [0.4, 0.5) is 0 Å². The van der Waals surface area contributed by atoms with Crippen LogP contribution in [0.1, 0.15) is 90.5 Å². The van der Waals surface area contributed by atoms with Crippen molar-refractivity contribution < 1.29 is 15.0 Å². The highest BCUT2D eigenvalue weighted by Gasteiger charge is 2.64. The van der Waals surface area contributed by atoms with Gasteiger partial charge < -0.3 is 10.2 Å². The van der Waals surface area contributed by atoms with E-state index in [2.05, 4.69) is 26.8 Å². The van der Waals surface area contributed by atoms with Crippen molar-refractivity contribution >= 4 is 5.78 Å². The maximum absolute atomic E-state index is 12.4. The summed E-state index contributed by atoms with van der Waals surface area (Å²) in [6.45, 7) is 6.92. The van der Waals surface area contributed by atoms with Gasteiger partial charge in [0.2, 0.25) is 0 Å². The second kappa shape index (κ2) is 8.26. The molecule has 4 aliphatic rings. The van der Waals surface area contributed by atoms with Gasteiger partial charge in [-0.1, -0.05) is 38.0 Å². The van der Waals surface area contributed by atoms with E-state index in [-0.39, 0.29) is 10.8 Å². The van der Waals surface area contributed by atoms with E-state index >= 15 is 0 Å². The molecule has 3 nitrogen and oxygen atoms in total. The summed E-state index contributed by atoms with van der Waals surface area (Å²) < 4.78 is 0. The molecular formula is C30H42O3. The van der Waals surface area contributed by atoms with Crippen LogP contribution in [-0.2, 0) is 11.2 Å². The van der Waals surface area contributed by atoms with Crippen LogP contribution in [0.5, 0.6) is 5.75 Å². The van der Waals surface area contributed by atoms with Crippen LogP contribution in [0.2, 0.25) is 0 Å². The predicted octanol–water partition coefficient (Wildman–Crippen LogP) is 6.61. The van der Waals surface area contributed by atoms with Gasteiger partial charge in [-0.05, 0) is 123 Å². The fourth-order valence-electron chi connectivity index (χ4n) is 8.69. The van der Waals surface area contributed by atoms with Crippen LogP contribution < -0.4 is 0 Å². The van der Waals surface area contributed by atoms with Crippen molar-refractivity contribution in [3.05, 3.63) is 41.5 Å². The van der Waals surface area contributed by atoms with Crippen molar-refractivity contribution in [2.75, 3.05) is 0 Å². The number of rotatable bonds is 5. The number of aryl methyl sites for hydroxylation is 1. The molecule has 4 aliphatic carbocycles. The summed E-state index contributed by atoms with van der Waals surface area (Å²) >= 11 is 0. The van der Waals surface area contributed by atoms with E-state index in [1.54, 1.807) is 6.07 Å². The minimum absolute atomic E-state index is 0.0239. The van der Waals surface area contributed by atoms with Gasteiger partial charge in [0.05, 0.1) is 5.60 Å². The van der Waals surface area contributed by atoms with Crippen LogP contribution in [0.3, 0.4) is 0 Å². The van der Waals surface area contributed by atoms with E-state index < -0.39 is 5.60 Å². The fourth-order valence-corrected chi connectivity index (χ4v) is 8.69. The van der Waals surface area contributed by atoms with Gasteiger partial charge >= 0.3 is 0 Å². The molecule has 0 heterocycles. The molecule has 3 unspecified atom stereocenters. The van der Waals surface area contributed by atoms with E-state index in [0.717, 1.165) is 44.9 Å². The van der Waals surface area contributed by atoms with Crippen LogP contribution in [0, 0.1) is 34.5 Å². The molecule has 0 bridgehead atoms. The molecule has 180 valence electrons. The average molecular weight is 451 g/mol. The number of allylic oxidation sites excluding steroid dienone is 1. The molecule has 1 aromatic carbocycles. The number of phenolic OH excluding ortho intramolecular Hbond substituents is 1. The second-order valence-electron chi connectivity index (χ2n) is 12.5. The first-order chi connectivity index (χ1) is 15.6. The topological polar surface area (TPSA) is 57.5 Å². The minimum Gasteiger partial charge on any atom is -0.508 e. The first kappa shape index (κ1) is 23.1. The Morgan fingerprint density at radius 1 is 1.03 bits per heavy atom. The molecule has 0 aromatic heterocycles. The van der Waals surface area contributed by atoms with E-state index in [1.165, 1.54) is 30.4 Å². The lowest BCUT2D eigenvalue weighted by Gasteiger charge is -2.61. The molecule has 5 rings (SSSR count). The summed E-state index contributed by atoms with van der Waals surface area (Å²) in [6, 6.07) is 7.65. The SMILES string of the molecule is C[C@]12CCC(=O)C=C1C[C@@H](CCCCc1cccc(O)c1)C1C2CC[C@@]2(C)C1CC[C@]2(C)O.